The number of hydrogen-bond donors (Lipinski definition) is 0. The Kier molecular flexibility index (Phi) is 5.20. The van der Waals surface area contributed by atoms with Crippen LogP contribution < -0.4 is 4.90 Å². The fraction of sp³-hybridized carbons (Fsp3) is 0.316. The van der Waals surface area contributed by atoms with Gasteiger partial charge in [-0.1, -0.05) is 48.5 Å². The van der Waals surface area contributed by atoms with Gasteiger partial charge in [0.25, 0.3) is 0 Å². The molecule has 0 N–H and O–H groups in total. The molecule has 0 aromatic heterocycles. The number of aryl methyl sites for hydroxylation is 1. The van der Waals surface area contributed by atoms with Crippen LogP contribution in [0.4, 0.5) is 5.69 Å². The van der Waals surface area contributed by atoms with E-state index in [0.29, 0.717) is 6.54 Å². The Morgan fingerprint density at radius 2 is 1.76 bits per heavy atom. The van der Waals surface area contributed by atoms with Crippen LogP contribution in [0.3, 0.4) is 0 Å². The second-order valence-electron chi connectivity index (χ2n) is 6.29. The highest BCUT2D eigenvalue weighted by Gasteiger charge is 2.27. The van der Waals surface area contributed by atoms with Crippen LogP contribution in [-0.2, 0) is 27.8 Å². The third-order valence-corrected chi connectivity index (χ3v) is 5.59. The minimum Gasteiger partial charge on any atom is -0.311 e. The Morgan fingerprint density at radius 1 is 1.08 bits per heavy atom. The number of sulfonamides is 1. The number of amides is 1. The first-order chi connectivity index (χ1) is 11.9. The molecule has 0 radical (unpaired) electrons. The van der Waals surface area contributed by atoms with Crippen molar-refractivity contribution in [2.24, 2.45) is 0 Å². The number of rotatable bonds is 5. The highest BCUT2D eigenvalue weighted by Crippen LogP contribution is 2.27. The first-order valence-electron chi connectivity index (χ1n) is 8.32. The monoisotopic (exact) mass is 358 g/mol. The molecule has 3 rings (SSSR count). The van der Waals surface area contributed by atoms with Crippen molar-refractivity contribution in [3.05, 3.63) is 65.7 Å². The van der Waals surface area contributed by atoms with Crippen LogP contribution in [0.25, 0.3) is 0 Å². The molecule has 1 aliphatic rings. The Morgan fingerprint density at radius 3 is 2.48 bits per heavy atom. The summed E-state index contributed by atoms with van der Waals surface area (Å²) in [5.74, 6) is -0.187. The molecule has 0 spiro atoms. The van der Waals surface area contributed by atoms with Crippen LogP contribution in [0.15, 0.2) is 54.6 Å². The second-order valence-corrected chi connectivity index (χ2v) is 8.28. The van der Waals surface area contributed by atoms with Gasteiger partial charge in [-0.25, -0.2) is 8.42 Å². The molecule has 6 heteroatoms. The summed E-state index contributed by atoms with van der Waals surface area (Å²) >= 11 is 0. The average molecular weight is 358 g/mol. The van der Waals surface area contributed by atoms with E-state index in [4.69, 9.17) is 0 Å². The van der Waals surface area contributed by atoms with E-state index in [9.17, 15) is 13.2 Å². The lowest BCUT2D eigenvalue weighted by Gasteiger charge is -2.31. The van der Waals surface area contributed by atoms with Crippen LogP contribution in [0, 0.1) is 0 Å². The normalized spacial score (nSPS) is 14.4. The average Bonchev–Trinajstić information content (AvgIpc) is 2.60. The molecule has 5 nitrogen and oxygen atoms in total. The molecule has 132 valence electrons. The Hall–Kier alpha value is -2.18. The van der Waals surface area contributed by atoms with Gasteiger partial charge in [-0.2, -0.15) is 4.31 Å². The summed E-state index contributed by atoms with van der Waals surface area (Å²) in [4.78, 5) is 14.5. The SMILES string of the molecule is CS(=O)(=O)N(CC(=O)N1CCCc2ccccc21)Cc1ccccc1. The smallest absolute Gasteiger partial charge is 0.242 e. The Bertz CT molecular complexity index is 850. The van der Waals surface area contributed by atoms with Gasteiger partial charge < -0.3 is 4.90 Å². The molecule has 0 bridgehead atoms. The number of nitrogens with zero attached hydrogens (tertiary/aromatic N) is 2. The van der Waals surface area contributed by atoms with Gasteiger partial charge in [-0.3, -0.25) is 4.79 Å². The Balaban J connectivity index is 1.80. The van der Waals surface area contributed by atoms with E-state index in [0.717, 1.165) is 35.9 Å². The van der Waals surface area contributed by atoms with E-state index in [1.807, 2.05) is 54.6 Å². The zero-order valence-electron chi connectivity index (χ0n) is 14.3. The molecule has 0 saturated carbocycles. The molecule has 1 aliphatic heterocycles. The zero-order chi connectivity index (χ0) is 17.9. The van der Waals surface area contributed by atoms with Crippen molar-refractivity contribution < 1.29 is 13.2 Å². The molecule has 0 unspecified atom stereocenters. The summed E-state index contributed by atoms with van der Waals surface area (Å²) in [5, 5.41) is 0. The number of hydrogen-bond acceptors (Lipinski definition) is 3. The number of anilines is 1. The van der Waals surface area contributed by atoms with Crippen molar-refractivity contribution in [3.8, 4) is 0 Å². The van der Waals surface area contributed by atoms with Gasteiger partial charge in [-0.05, 0) is 30.0 Å². The quantitative estimate of drug-likeness (QED) is 0.825. The summed E-state index contributed by atoms with van der Waals surface area (Å²) in [6, 6.07) is 17.1. The second kappa shape index (κ2) is 7.37. The summed E-state index contributed by atoms with van der Waals surface area (Å²) in [6.07, 6.45) is 2.98. The van der Waals surface area contributed by atoms with Crippen molar-refractivity contribution >= 4 is 21.6 Å². The van der Waals surface area contributed by atoms with Gasteiger partial charge in [0.2, 0.25) is 15.9 Å². The standard InChI is InChI=1S/C19H22N2O3S/c1-25(23,24)20(14-16-8-3-2-4-9-16)15-19(22)21-13-7-11-17-10-5-6-12-18(17)21/h2-6,8-10,12H,7,11,13-15H2,1H3. The van der Waals surface area contributed by atoms with Crippen molar-refractivity contribution in [2.75, 3.05) is 24.2 Å². The number of carbonyl (C=O) groups is 1. The third-order valence-electron chi connectivity index (χ3n) is 4.39. The maximum absolute atomic E-state index is 12.8. The summed E-state index contributed by atoms with van der Waals surface area (Å²) in [7, 11) is -3.49. The van der Waals surface area contributed by atoms with Crippen LogP contribution >= 0.6 is 0 Å². The summed E-state index contributed by atoms with van der Waals surface area (Å²) < 4.78 is 25.5. The summed E-state index contributed by atoms with van der Waals surface area (Å²) in [5.41, 5.74) is 2.89. The van der Waals surface area contributed by atoms with E-state index >= 15 is 0 Å². The van der Waals surface area contributed by atoms with Crippen molar-refractivity contribution in [1.82, 2.24) is 4.31 Å². The van der Waals surface area contributed by atoms with Gasteiger partial charge in [0.15, 0.2) is 0 Å². The summed E-state index contributed by atoms with van der Waals surface area (Å²) in [6.45, 7) is 0.668. The maximum atomic E-state index is 12.8. The molecule has 0 atom stereocenters. The fourth-order valence-corrected chi connectivity index (χ4v) is 3.83. The molecule has 1 heterocycles. The van der Waals surface area contributed by atoms with Crippen LogP contribution in [0.1, 0.15) is 17.5 Å². The van der Waals surface area contributed by atoms with Gasteiger partial charge in [0, 0.05) is 18.8 Å². The van der Waals surface area contributed by atoms with E-state index in [1.54, 1.807) is 4.90 Å². The predicted molar refractivity (Wildman–Crippen MR) is 98.8 cm³/mol. The number of para-hydroxylation sites is 1. The number of benzene rings is 2. The molecule has 0 saturated heterocycles. The lowest BCUT2D eigenvalue weighted by Crippen LogP contribution is -2.44. The van der Waals surface area contributed by atoms with Crippen molar-refractivity contribution in [3.63, 3.8) is 0 Å². The highest BCUT2D eigenvalue weighted by molar-refractivity contribution is 7.88. The molecule has 2 aromatic rings. The van der Waals surface area contributed by atoms with Gasteiger partial charge in [-0.15, -0.1) is 0 Å². The van der Waals surface area contributed by atoms with E-state index in [1.165, 1.54) is 4.31 Å². The largest absolute Gasteiger partial charge is 0.311 e. The number of carbonyl (C=O) groups excluding carboxylic acids is 1. The first-order valence-corrected chi connectivity index (χ1v) is 10.2. The molecular weight excluding hydrogens is 336 g/mol. The fourth-order valence-electron chi connectivity index (χ4n) is 3.11. The Labute approximate surface area is 148 Å². The van der Waals surface area contributed by atoms with E-state index in [-0.39, 0.29) is 19.0 Å². The third kappa shape index (κ3) is 4.27. The van der Waals surface area contributed by atoms with Crippen LogP contribution in [-0.4, -0.2) is 38.0 Å². The molecule has 0 aliphatic carbocycles. The molecule has 25 heavy (non-hydrogen) atoms. The van der Waals surface area contributed by atoms with Gasteiger partial charge in [0.1, 0.15) is 0 Å². The van der Waals surface area contributed by atoms with Crippen molar-refractivity contribution in [1.29, 1.82) is 0 Å². The van der Waals surface area contributed by atoms with E-state index < -0.39 is 10.0 Å². The van der Waals surface area contributed by atoms with Gasteiger partial charge >= 0.3 is 0 Å². The first kappa shape index (κ1) is 17.6. The van der Waals surface area contributed by atoms with E-state index in [2.05, 4.69) is 0 Å². The molecular formula is C19H22N2O3S. The number of fused-ring (bicyclic) bond motifs is 1. The highest BCUT2D eigenvalue weighted by atomic mass is 32.2. The lowest BCUT2D eigenvalue weighted by atomic mass is 10.0. The minimum atomic E-state index is -3.49. The maximum Gasteiger partial charge on any atom is 0.242 e. The zero-order valence-corrected chi connectivity index (χ0v) is 15.1. The predicted octanol–water partition coefficient (Wildman–Crippen LogP) is 2.43. The van der Waals surface area contributed by atoms with Crippen LogP contribution in [0.2, 0.25) is 0 Å². The molecule has 0 fully saturated rings. The molecule has 2 aromatic carbocycles. The topological polar surface area (TPSA) is 57.7 Å². The molecule has 1 amide bonds. The van der Waals surface area contributed by atoms with Crippen LogP contribution in [0.5, 0.6) is 0 Å². The van der Waals surface area contributed by atoms with Crippen molar-refractivity contribution in [2.45, 2.75) is 19.4 Å². The van der Waals surface area contributed by atoms with Gasteiger partial charge in [0.05, 0.1) is 12.8 Å². The lowest BCUT2D eigenvalue weighted by molar-refractivity contribution is -0.119. The minimum absolute atomic E-state index is 0.151.